The molecule has 5 heteroatoms. The lowest BCUT2D eigenvalue weighted by Gasteiger charge is -2.01. The minimum Gasteiger partial charge on any atom is -0.451 e. The Morgan fingerprint density at radius 2 is 2.00 bits per heavy atom. The molecule has 0 radical (unpaired) electrons. The molecule has 0 saturated carbocycles. The second kappa shape index (κ2) is 5.60. The molecule has 4 nitrogen and oxygen atoms in total. The zero-order valence-corrected chi connectivity index (χ0v) is 8.80. The Morgan fingerprint density at radius 3 is 2.31 bits per heavy atom. The van der Waals surface area contributed by atoms with Crippen molar-refractivity contribution < 1.29 is 14.3 Å². The molecule has 0 N–H and O–H groups in total. The number of ether oxygens (including phenoxy) is 1. The fourth-order valence-corrected chi connectivity index (χ4v) is 1.13. The molecular weight excluding hydrogens is 189 g/mol. The Kier molecular flexibility index (Phi) is 5.16. The van der Waals surface area contributed by atoms with Gasteiger partial charge >= 0.3 is 6.09 Å². The molecule has 13 heavy (non-hydrogen) atoms. The van der Waals surface area contributed by atoms with E-state index in [1.54, 1.807) is 13.8 Å². The molecule has 0 rings (SSSR count). The predicted octanol–water partition coefficient (Wildman–Crippen LogP) is 1.75. The van der Waals surface area contributed by atoms with Crippen molar-refractivity contribution in [2.45, 2.75) is 13.8 Å². The first-order valence-electron chi connectivity index (χ1n) is 3.70. The summed E-state index contributed by atoms with van der Waals surface area (Å²) in [6, 6.07) is 0. The van der Waals surface area contributed by atoms with Gasteiger partial charge in [-0.05, 0) is 0 Å². The summed E-state index contributed by atoms with van der Waals surface area (Å²) in [7, 11) is 1.65. The van der Waals surface area contributed by atoms with Crippen LogP contribution in [0.2, 0.25) is 0 Å². The van der Waals surface area contributed by atoms with Crippen LogP contribution in [0.25, 0.3) is 0 Å². The molecule has 0 heterocycles. The maximum absolute atomic E-state index is 11.3. The van der Waals surface area contributed by atoms with Crippen molar-refractivity contribution >= 4 is 31.8 Å². The van der Waals surface area contributed by atoms with Gasteiger partial charge in [0.05, 0.1) is 7.11 Å². The molecule has 0 aromatic rings. The average molecular weight is 201 g/mol. The van der Waals surface area contributed by atoms with Crippen LogP contribution >= 0.6 is 8.20 Å². The number of hydrogen-bond acceptors (Lipinski definition) is 3. The van der Waals surface area contributed by atoms with E-state index in [0.29, 0.717) is 8.20 Å². The van der Waals surface area contributed by atoms with Gasteiger partial charge in [-0.3, -0.25) is 4.79 Å². The van der Waals surface area contributed by atoms with Crippen molar-refractivity contribution in [3.05, 3.63) is 0 Å². The number of ketones is 1. The number of carbonyl (C=O) groups excluding carboxylic acids is 2. The van der Waals surface area contributed by atoms with Gasteiger partial charge < -0.3 is 4.74 Å². The van der Waals surface area contributed by atoms with E-state index in [4.69, 9.17) is 0 Å². The summed E-state index contributed by atoms with van der Waals surface area (Å²) in [5.74, 6) is -0.361. The van der Waals surface area contributed by atoms with E-state index in [9.17, 15) is 9.59 Å². The third kappa shape index (κ3) is 3.95. The Hall–Kier alpha value is -1.02. The lowest BCUT2D eigenvalue weighted by Crippen LogP contribution is -2.16. The third-order valence-corrected chi connectivity index (χ3v) is 1.89. The first-order chi connectivity index (χ1) is 6.02. The molecule has 0 aliphatic carbocycles. The molecule has 0 bridgehead atoms. The molecule has 0 unspecified atom stereocenters. The summed E-state index contributed by atoms with van der Waals surface area (Å²) in [4.78, 5) is 25.5. The summed E-state index contributed by atoms with van der Waals surface area (Å²) < 4.78 is 4.30. The predicted molar refractivity (Wildman–Crippen MR) is 53.7 cm³/mol. The topological polar surface area (TPSA) is 55.7 Å². The molecule has 0 atom stereocenters. The number of carbonyl (C=O) groups is 2. The molecule has 72 valence electrons. The van der Waals surface area contributed by atoms with Crippen LogP contribution in [-0.4, -0.2) is 30.7 Å². The molecule has 0 fully saturated rings. The summed E-state index contributed by atoms with van der Waals surface area (Å²) in [6.07, 6.45) is 2.73. The minimum atomic E-state index is -0.764. The average Bonchev–Trinajstić information content (AvgIpc) is 2.12. The van der Waals surface area contributed by atoms with Crippen LogP contribution in [0.3, 0.4) is 0 Å². The van der Waals surface area contributed by atoms with Crippen LogP contribution < -0.4 is 0 Å². The summed E-state index contributed by atoms with van der Waals surface area (Å²) in [5, 5.41) is 0. The van der Waals surface area contributed by atoms with Crippen LogP contribution in [0, 0.1) is 5.92 Å². The number of aliphatic imine (C=N–C) groups is 1. The van der Waals surface area contributed by atoms with E-state index in [2.05, 4.69) is 16.0 Å². The molecule has 0 aliphatic rings. The van der Waals surface area contributed by atoms with E-state index in [1.807, 2.05) is 0 Å². The van der Waals surface area contributed by atoms with Crippen LogP contribution in [-0.2, 0) is 9.53 Å². The van der Waals surface area contributed by atoms with Gasteiger partial charge in [0.1, 0.15) is 5.45 Å². The van der Waals surface area contributed by atoms with Gasteiger partial charge in [0.15, 0.2) is 5.78 Å². The molecule has 0 aromatic heterocycles. The van der Waals surface area contributed by atoms with Crippen molar-refractivity contribution in [2.24, 2.45) is 10.9 Å². The van der Waals surface area contributed by atoms with Crippen molar-refractivity contribution in [3.63, 3.8) is 0 Å². The molecule has 0 spiro atoms. The summed E-state index contributed by atoms with van der Waals surface area (Å²) in [5.41, 5.74) is 0.141. The van der Waals surface area contributed by atoms with Gasteiger partial charge in [-0.15, -0.1) is 0 Å². The number of amides is 1. The smallest absolute Gasteiger partial charge is 0.434 e. The zero-order valence-electron chi connectivity index (χ0n) is 7.90. The van der Waals surface area contributed by atoms with E-state index >= 15 is 0 Å². The van der Waals surface area contributed by atoms with Gasteiger partial charge in [-0.25, -0.2) is 4.79 Å². The minimum absolute atomic E-state index is 0.141. The van der Waals surface area contributed by atoms with E-state index < -0.39 is 6.09 Å². The van der Waals surface area contributed by atoms with Gasteiger partial charge in [-0.1, -0.05) is 28.4 Å². The lowest BCUT2D eigenvalue weighted by molar-refractivity contribution is -0.115. The number of Topliss-reactive ketones (excluding diaryl/α,β-unsaturated/α-hetero) is 1. The van der Waals surface area contributed by atoms with Crippen LogP contribution in [0.1, 0.15) is 13.8 Å². The quantitative estimate of drug-likeness (QED) is 0.516. The normalized spacial score (nSPS) is 11.8. The fourth-order valence-electron chi connectivity index (χ4n) is 0.559. The molecule has 0 aliphatic heterocycles. The van der Waals surface area contributed by atoms with Crippen LogP contribution in [0.4, 0.5) is 4.79 Å². The maximum atomic E-state index is 11.3. The highest BCUT2D eigenvalue weighted by atomic mass is 31.1. The van der Waals surface area contributed by atoms with E-state index in [0.717, 1.165) is 0 Å². The van der Waals surface area contributed by atoms with Gasteiger partial charge in [-0.2, -0.15) is 4.99 Å². The summed E-state index contributed by atoms with van der Waals surface area (Å²) in [6.45, 7) is 3.47. The van der Waals surface area contributed by atoms with Crippen molar-refractivity contribution in [3.8, 4) is 0 Å². The maximum Gasteiger partial charge on any atom is 0.434 e. The molecule has 0 saturated heterocycles. The SMILES string of the molecule is C=PC(=NC(=O)OC)C(=O)C(C)C. The van der Waals surface area contributed by atoms with Crippen molar-refractivity contribution in [1.82, 2.24) is 0 Å². The number of methoxy groups -OCH3 is 1. The molecular formula is C8H12NO3P. The Labute approximate surface area is 78.8 Å². The largest absolute Gasteiger partial charge is 0.451 e. The van der Waals surface area contributed by atoms with Gasteiger partial charge in [0, 0.05) is 5.92 Å². The van der Waals surface area contributed by atoms with Crippen LogP contribution in [0.5, 0.6) is 0 Å². The highest BCUT2D eigenvalue weighted by Crippen LogP contribution is 2.06. The number of nitrogens with zero attached hydrogens (tertiary/aromatic N) is 1. The Morgan fingerprint density at radius 1 is 1.46 bits per heavy atom. The third-order valence-electron chi connectivity index (χ3n) is 1.27. The zero-order chi connectivity index (χ0) is 10.4. The van der Waals surface area contributed by atoms with E-state index in [-0.39, 0.29) is 17.2 Å². The second-order valence-electron chi connectivity index (χ2n) is 2.58. The van der Waals surface area contributed by atoms with Gasteiger partial charge in [0.2, 0.25) is 0 Å². The highest BCUT2D eigenvalue weighted by Gasteiger charge is 2.14. The Bertz CT molecular complexity index is 258. The Balaban J connectivity index is 4.69. The first-order valence-corrected chi connectivity index (χ1v) is 4.78. The molecule has 1 amide bonds. The van der Waals surface area contributed by atoms with Crippen LogP contribution in [0.15, 0.2) is 4.99 Å². The van der Waals surface area contributed by atoms with Crippen molar-refractivity contribution in [1.29, 1.82) is 0 Å². The number of rotatable bonds is 3. The second-order valence-corrected chi connectivity index (χ2v) is 3.32. The number of hydrogen-bond donors (Lipinski definition) is 0. The highest BCUT2D eigenvalue weighted by molar-refractivity contribution is 7.60. The monoisotopic (exact) mass is 201 g/mol. The van der Waals surface area contributed by atoms with Gasteiger partial charge in [0.25, 0.3) is 0 Å². The van der Waals surface area contributed by atoms with E-state index in [1.165, 1.54) is 7.11 Å². The molecule has 0 aromatic carbocycles. The first kappa shape index (κ1) is 12.0. The standard InChI is InChI=1S/C8H12NO3P/c1-5(2)6(10)7(13-4)9-8(11)12-3/h5H,4H2,1-3H3. The fraction of sp³-hybridized carbons (Fsp3) is 0.500. The summed E-state index contributed by atoms with van der Waals surface area (Å²) >= 11 is 0. The lowest BCUT2D eigenvalue weighted by atomic mass is 10.1. The van der Waals surface area contributed by atoms with Crippen molar-refractivity contribution in [2.75, 3.05) is 7.11 Å².